The van der Waals surface area contributed by atoms with Crippen molar-refractivity contribution in [3.05, 3.63) is 18.6 Å². The number of aromatic nitrogens is 3. The predicted molar refractivity (Wildman–Crippen MR) is 95.5 cm³/mol. The second kappa shape index (κ2) is 5.89. The first-order valence-electron chi connectivity index (χ1n) is 8.93. The minimum absolute atomic E-state index is 0.180. The minimum atomic E-state index is -0.189. The van der Waals surface area contributed by atoms with E-state index >= 15 is 0 Å². The van der Waals surface area contributed by atoms with E-state index in [-0.39, 0.29) is 17.6 Å². The van der Waals surface area contributed by atoms with Crippen LogP contribution in [0.1, 0.15) is 26.7 Å². The average Bonchev–Trinajstić information content (AvgIpc) is 3.04. The maximum Gasteiger partial charge on any atom is 0.409 e. The first-order chi connectivity index (χ1) is 12.0. The highest BCUT2D eigenvalue weighted by atomic mass is 16.6. The maximum atomic E-state index is 12.4. The lowest BCUT2D eigenvalue weighted by Gasteiger charge is -2.30. The highest BCUT2D eigenvalue weighted by Gasteiger charge is 2.58. The fraction of sp³-hybridized carbons (Fsp3) is 0.611. The monoisotopic (exact) mass is 343 g/mol. The van der Waals surface area contributed by atoms with Crippen molar-refractivity contribution in [1.82, 2.24) is 19.9 Å². The molecule has 0 radical (unpaired) electrons. The van der Waals surface area contributed by atoms with Crippen LogP contribution in [-0.2, 0) is 4.74 Å². The Morgan fingerprint density at radius 1 is 1.48 bits per heavy atom. The lowest BCUT2D eigenvalue weighted by Crippen LogP contribution is -2.40. The number of nitrogens with zero attached hydrogens (tertiary/aromatic N) is 4. The molecule has 1 aliphatic carbocycles. The average molecular weight is 343 g/mol. The molecule has 2 aliphatic rings. The number of likely N-dealkylation sites (N-methyl/N-ethyl adjacent to an activating group) is 1. The standard InChI is InChI=1S/C18H25N5O2/c1-12(2)9-25-17(24)23-8-14(18(10-23)5-6-18)22(3)16-13-4-7-19-15(13)20-11-21-16/h4,7,11-12,14H,5-6,8-10H2,1-3H3,(H,19,20,21)/t14-/m1/s1. The Labute approximate surface area is 147 Å². The number of hydrogen-bond donors (Lipinski definition) is 1. The molecular weight excluding hydrogens is 318 g/mol. The summed E-state index contributed by atoms with van der Waals surface area (Å²) in [7, 11) is 2.07. The van der Waals surface area contributed by atoms with Gasteiger partial charge in [0.1, 0.15) is 17.8 Å². The van der Waals surface area contributed by atoms with Gasteiger partial charge in [0.15, 0.2) is 0 Å². The molecule has 1 saturated heterocycles. The molecule has 2 aromatic rings. The lowest BCUT2D eigenvalue weighted by molar-refractivity contribution is 0.0978. The Balaban J connectivity index is 1.54. The van der Waals surface area contributed by atoms with Gasteiger partial charge in [0.05, 0.1) is 18.0 Å². The van der Waals surface area contributed by atoms with Crippen molar-refractivity contribution in [3.8, 4) is 0 Å². The number of anilines is 1. The van der Waals surface area contributed by atoms with Crippen LogP contribution in [0.25, 0.3) is 11.0 Å². The normalized spacial score (nSPS) is 21.3. The van der Waals surface area contributed by atoms with Gasteiger partial charge in [-0.15, -0.1) is 0 Å². The predicted octanol–water partition coefficient (Wildman–Crippen LogP) is 2.65. The van der Waals surface area contributed by atoms with Crippen LogP contribution in [0.2, 0.25) is 0 Å². The maximum absolute atomic E-state index is 12.4. The van der Waals surface area contributed by atoms with Gasteiger partial charge in [-0.2, -0.15) is 0 Å². The number of likely N-dealkylation sites (tertiary alicyclic amines) is 1. The molecule has 2 aromatic heterocycles. The van der Waals surface area contributed by atoms with Crippen LogP contribution in [0.4, 0.5) is 10.6 Å². The van der Waals surface area contributed by atoms with Crippen molar-refractivity contribution in [2.24, 2.45) is 11.3 Å². The van der Waals surface area contributed by atoms with Gasteiger partial charge < -0.3 is 19.5 Å². The number of amides is 1. The Kier molecular flexibility index (Phi) is 3.81. The van der Waals surface area contributed by atoms with Crippen LogP contribution < -0.4 is 4.90 Å². The summed E-state index contributed by atoms with van der Waals surface area (Å²) < 4.78 is 5.44. The number of fused-ring (bicyclic) bond motifs is 1. The van der Waals surface area contributed by atoms with Crippen molar-refractivity contribution < 1.29 is 9.53 Å². The van der Waals surface area contributed by atoms with E-state index in [1.165, 1.54) is 0 Å². The van der Waals surface area contributed by atoms with Gasteiger partial charge in [-0.25, -0.2) is 14.8 Å². The van der Waals surface area contributed by atoms with Crippen LogP contribution in [0, 0.1) is 11.3 Å². The zero-order valence-corrected chi connectivity index (χ0v) is 15.0. The van der Waals surface area contributed by atoms with E-state index in [1.807, 2.05) is 31.0 Å². The number of ether oxygens (including phenoxy) is 1. The summed E-state index contributed by atoms with van der Waals surface area (Å²) in [5.74, 6) is 1.27. The molecule has 25 heavy (non-hydrogen) atoms. The Morgan fingerprint density at radius 3 is 3.00 bits per heavy atom. The molecule has 3 heterocycles. The number of aromatic amines is 1. The van der Waals surface area contributed by atoms with Crippen molar-refractivity contribution in [3.63, 3.8) is 0 Å². The van der Waals surface area contributed by atoms with E-state index in [0.29, 0.717) is 19.1 Å². The molecule has 2 fully saturated rings. The summed E-state index contributed by atoms with van der Waals surface area (Å²) in [4.78, 5) is 28.4. The smallest absolute Gasteiger partial charge is 0.409 e. The summed E-state index contributed by atoms with van der Waals surface area (Å²) in [6.45, 7) is 6.03. The molecule has 1 aliphatic heterocycles. The highest BCUT2D eigenvalue weighted by Crippen LogP contribution is 2.55. The molecule has 0 bridgehead atoms. The van der Waals surface area contributed by atoms with Crippen LogP contribution in [0.15, 0.2) is 18.6 Å². The Hall–Kier alpha value is -2.31. The Bertz CT molecular complexity index is 783. The number of H-pyrrole nitrogens is 1. The number of carbonyl (C=O) groups is 1. The molecule has 1 amide bonds. The van der Waals surface area contributed by atoms with Crippen LogP contribution >= 0.6 is 0 Å². The fourth-order valence-electron chi connectivity index (χ4n) is 3.89. The molecule has 4 rings (SSSR count). The second-order valence-corrected chi connectivity index (χ2v) is 7.78. The van der Waals surface area contributed by atoms with Gasteiger partial charge in [0.2, 0.25) is 0 Å². The van der Waals surface area contributed by atoms with Crippen molar-refractivity contribution in [1.29, 1.82) is 0 Å². The number of carbonyl (C=O) groups excluding carboxylic acids is 1. The van der Waals surface area contributed by atoms with Crippen molar-refractivity contribution in [2.45, 2.75) is 32.7 Å². The topological polar surface area (TPSA) is 74.3 Å². The van der Waals surface area contributed by atoms with Gasteiger partial charge in [-0.05, 0) is 24.8 Å². The van der Waals surface area contributed by atoms with Crippen molar-refractivity contribution >= 4 is 22.9 Å². The molecule has 7 nitrogen and oxygen atoms in total. The third-order valence-corrected chi connectivity index (χ3v) is 5.43. The van der Waals surface area contributed by atoms with E-state index in [2.05, 4.69) is 26.9 Å². The zero-order chi connectivity index (χ0) is 17.6. The highest BCUT2D eigenvalue weighted by molar-refractivity contribution is 5.87. The summed E-state index contributed by atoms with van der Waals surface area (Å²) in [5, 5.41) is 1.02. The van der Waals surface area contributed by atoms with Crippen LogP contribution in [-0.4, -0.2) is 58.7 Å². The Morgan fingerprint density at radius 2 is 2.28 bits per heavy atom. The summed E-state index contributed by atoms with van der Waals surface area (Å²) in [6, 6.07) is 2.26. The molecule has 0 unspecified atom stereocenters. The zero-order valence-electron chi connectivity index (χ0n) is 15.0. The number of rotatable bonds is 4. The van der Waals surface area contributed by atoms with Gasteiger partial charge in [-0.1, -0.05) is 13.8 Å². The first-order valence-corrected chi connectivity index (χ1v) is 8.93. The van der Waals surface area contributed by atoms with Crippen LogP contribution in [0.5, 0.6) is 0 Å². The van der Waals surface area contributed by atoms with E-state index in [1.54, 1.807) is 6.33 Å². The van der Waals surface area contributed by atoms with Gasteiger partial charge >= 0.3 is 6.09 Å². The molecule has 134 valence electrons. The SMILES string of the molecule is CC(C)COC(=O)N1C[C@@H](N(C)c2ncnc3[nH]ccc23)C2(CC2)C1. The molecule has 1 saturated carbocycles. The number of nitrogens with one attached hydrogen (secondary N) is 1. The van der Waals surface area contributed by atoms with E-state index in [4.69, 9.17) is 4.74 Å². The van der Waals surface area contributed by atoms with Gasteiger partial charge in [0.25, 0.3) is 0 Å². The molecular formula is C18H25N5O2. The largest absolute Gasteiger partial charge is 0.449 e. The van der Waals surface area contributed by atoms with Crippen molar-refractivity contribution in [2.75, 3.05) is 31.6 Å². The third kappa shape index (κ3) is 2.81. The summed E-state index contributed by atoms with van der Waals surface area (Å²) in [6.07, 6.45) is 5.58. The molecule has 7 heteroatoms. The quantitative estimate of drug-likeness (QED) is 0.924. The number of hydrogen-bond acceptors (Lipinski definition) is 5. The van der Waals surface area contributed by atoms with E-state index < -0.39 is 0 Å². The van der Waals surface area contributed by atoms with Gasteiger partial charge in [0, 0.05) is 31.7 Å². The third-order valence-electron chi connectivity index (χ3n) is 5.43. The van der Waals surface area contributed by atoms with Crippen LogP contribution in [0.3, 0.4) is 0 Å². The van der Waals surface area contributed by atoms with E-state index in [9.17, 15) is 4.79 Å². The second-order valence-electron chi connectivity index (χ2n) is 7.78. The molecule has 1 N–H and O–H groups in total. The molecule has 1 atom stereocenters. The minimum Gasteiger partial charge on any atom is -0.449 e. The van der Waals surface area contributed by atoms with E-state index in [0.717, 1.165) is 36.2 Å². The lowest BCUT2D eigenvalue weighted by atomic mass is 9.99. The summed E-state index contributed by atoms with van der Waals surface area (Å²) in [5.41, 5.74) is 1.02. The van der Waals surface area contributed by atoms with Gasteiger partial charge in [-0.3, -0.25) is 0 Å². The first kappa shape index (κ1) is 16.2. The molecule has 0 aromatic carbocycles. The molecule has 1 spiro atoms. The fourth-order valence-corrected chi connectivity index (χ4v) is 3.89. The summed E-state index contributed by atoms with van der Waals surface area (Å²) >= 11 is 0.